The molecule has 5 fully saturated rings. The first-order valence-electron chi connectivity index (χ1n) is 15.4. The molecule has 5 aliphatic rings. The average molecular weight is 567 g/mol. The molecule has 0 aromatic heterocycles. The number of carbonyl (C=O) groups is 2. The van der Waals surface area contributed by atoms with Crippen molar-refractivity contribution in [2.45, 2.75) is 89.0 Å². The lowest BCUT2D eigenvalue weighted by molar-refractivity contribution is -0.139. The molecule has 3 N–H and O–H groups in total. The van der Waals surface area contributed by atoms with E-state index in [4.69, 9.17) is 0 Å². The first kappa shape index (κ1) is 29.1. The van der Waals surface area contributed by atoms with Gasteiger partial charge in [0, 0.05) is 58.4 Å². The topological polar surface area (TPSA) is 114 Å². The normalized spacial score (nSPS) is 37.3. The van der Waals surface area contributed by atoms with Crippen LogP contribution in [0, 0.1) is 29.6 Å². The van der Waals surface area contributed by atoms with E-state index in [2.05, 4.69) is 39.8 Å². The number of nitrogens with one attached hydrogen (secondary N) is 3. The minimum absolute atomic E-state index is 0.0267. The van der Waals surface area contributed by atoms with E-state index in [1.165, 1.54) is 6.42 Å². The summed E-state index contributed by atoms with van der Waals surface area (Å²) in [6.45, 7) is 9.22. The van der Waals surface area contributed by atoms with Crippen LogP contribution in [0.5, 0.6) is 0 Å². The summed E-state index contributed by atoms with van der Waals surface area (Å²) in [4.78, 5) is 27.3. The Labute approximate surface area is 235 Å². The largest absolute Gasteiger partial charge is 0.342 e. The lowest BCUT2D eigenvalue weighted by Crippen LogP contribution is -2.52. The molecule has 0 aromatic rings. The van der Waals surface area contributed by atoms with Crippen molar-refractivity contribution in [2.75, 3.05) is 46.3 Å². The summed E-state index contributed by atoms with van der Waals surface area (Å²) in [5, 5.41) is 7.48. The number of amides is 3. The number of likely N-dealkylation sites (tertiary alicyclic amines) is 1. The Morgan fingerprint density at radius 3 is 2.13 bits per heavy atom. The Bertz CT molecular complexity index is 969. The second-order valence-electron chi connectivity index (χ2n) is 13.2. The Morgan fingerprint density at radius 1 is 0.846 bits per heavy atom. The third-order valence-electron chi connectivity index (χ3n) is 10.3. The number of rotatable bonds is 5. The first-order chi connectivity index (χ1) is 18.7. The molecule has 5 rings (SSSR count). The van der Waals surface area contributed by atoms with Crippen molar-refractivity contribution in [1.29, 1.82) is 0 Å². The molecule has 4 heterocycles. The Hall–Kier alpha value is -1.43. The number of piperidine rings is 3. The van der Waals surface area contributed by atoms with Crippen LogP contribution in [0.2, 0.25) is 0 Å². The second kappa shape index (κ2) is 12.2. The van der Waals surface area contributed by atoms with Crippen molar-refractivity contribution in [1.82, 2.24) is 30.3 Å². The van der Waals surface area contributed by atoms with Gasteiger partial charge >= 0.3 is 6.03 Å². The maximum atomic E-state index is 13.6. The number of hydrogen-bond donors (Lipinski definition) is 3. The standard InChI is InChI=1S/C28H50N6O4S/c1-19-14-20(2)18-32(17-19)27(35)25-16-30-34-13-10-22(15-26(25)34)21-8-11-33(12-9-21)39(37,38)24-6-4-23(5-7-24)31-28(36)29-3/h19-26,30H,4-18H2,1-3H3,(H2,29,31,36). The Balaban J connectivity index is 1.12. The van der Waals surface area contributed by atoms with E-state index in [1.54, 1.807) is 11.4 Å². The molecule has 10 nitrogen and oxygen atoms in total. The number of fused-ring (bicyclic) bond motifs is 1. The number of hydrogen-bond acceptors (Lipinski definition) is 6. The molecule has 4 saturated heterocycles. The van der Waals surface area contributed by atoms with Gasteiger partial charge in [0.1, 0.15) is 0 Å². The second-order valence-corrected chi connectivity index (χ2v) is 15.4. The molecular formula is C28H50N6O4S. The quantitative estimate of drug-likeness (QED) is 0.469. The van der Waals surface area contributed by atoms with E-state index in [0.717, 1.165) is 51.9 Å². The van der Waals surface area contributed by atoms with Crippen LogP contribution in [0.1, 0.15) is 71.6 Å². The summed E-state index contributed by atoms with van der Waals surface area (Å²) in [5.74, 6) is 2.57. The minimum atomic E-state index is -3.32. The van der Waals surface area contributed by atoms with Crippen LogP contribution in [0.15, 0.2) is 0 Å². The number of sulfonamides is 1. The zero-order chi connectivity index (χ0) is 27.7. The lowest BCUT2D eigenvalue weighted by atomic mass is 9.75. The summed E-state index contributed by atoms with van der Waals surface area (Å²) in [7, 11) is -1.72. The Morgan fingerprint density at radius 2 is 1.49 bits per heavy atom. The van der Waals surface area contributed by atoms with Gasteiger partial charge < -0.3 is 15.5 Å². The van der Waals surface area contributed by atoms with Crippen molar-refractivity contribution in [2.24, 2.45) is 29.6 Å². The molecule has 222 valence electrons. The number of urea groups is 1. The van der Waals surface area contributed by atoms with Crippen LogP contribution in [0.25, 0.3) is 0 Å². The summed E-state index contributed by atoms with van der Waals surface area (Å²) in [5.41, 5.74) is 3.53. The van der Waals surface area contributed by atoms with E-state index in [1.807, 2.05) is 0 Å². The maximum absolute atomic E-state index is 13.6. The molecule has 1 aliphatic carbocycles. The fourth-order valence-electron chi connectivity index (χ4n) is 8.29. The summed E-state index contributed by atoms with van der Waals surface area (Å²) in [6.07, 6.45) is 7.80. The zero-order valence-electron chi connectivity index (χ0n) is 24.1. The molecule has 0 bridgehead atoms. The molecule has 0 radical (unpaired) electrons. The molecule has 1 saturated carbocycles. The molecule has 11 heteroatoms. The predicted octanol–water partition coefficient (Wildman–Crippen LogP) is 1.99. The average Bonchev–Trinajstić information content (AvgIpc) is 3.35. The summed E-state index contributed by atoms with van der Waals surface area (Å²) < 4.78 is 28.6. The molecule has 4 aliphatic heterocycles. The smallest absolute Gasteiger partial charge is 0.314 e. The highest BCUT2D eigenvalue weighted by Crippen LogP contribution is 2.40. The summed E-state index contributed by atoms with van der Waals surface area (Å²) >= 11 is 0. The number of nitrogens with zero attached hydrogens (tertiary/aromatic N) is 3. The maximum Gasteiger partial charge on any atom is 0.314 e. The van der Waals surface area contributed by atoms with Gasteiger partial charge in [-0.05, 0) is 81.5 Å². The molecule has 0 spiro atoms. The van der Waals surface area contributed by atoms with Gasteiger partial charge in [0.25, 0.3) is 0 Å². The van der Waals surface area contributed by atoms with Gasteiger partial charge in [-0.15, -0.1) is 0 Å². The van der Waals surface area contributed by atoms with Crippen LogP contribution < -0.4 is 16.1 Å². The van der Waals surface area contributed by atoms with Crippen LogP contribution in [0.3, 0.4) is 0 Å². The molecule has 39 heavy (non-hydrogen) atoms. The van der Waals surface area contributed by atoms with Gasteiger partial charge in [-0.2, -0.15) is 0 Å². The van der Waals surface area contributed by atoms with Crippen LogP contribution >= 0.6 is 0 Å². The zero-order valence-corrected chi connectivity index (χ0v) is 24.9. The fourth-order valence-corrected chi connectivity index (χ4v) is 10.3. The Kier molecular flexibility index (Phi) is 9.10. The van der Waals surface area contributed by atoms with Gasteiger partial charge in [0.2, 0.25) is 15.9 Å². The minimum Gasteiger partial charge on any atom is -0.342 e. The highest BCUT2D eigenvalue weighted by Gasteiger charge is 2.46. The molecule has 3 amide bonds. The molecular weight excluding hydrogens is 516 g/mol. The molecule has 5 atom stereocenters. The van der Waals surface area contributed by atoms with Gasteiger partial charge in [-0.3, -0.25) is 10.2 Å². The molecule has 0 aromatic carbocycles. The number of hydrazine groups is 1. The van der Waals surface area contributed by atoms with E-state index >= 15 is 0 Å². The monoisotopic (exact) mass is 566 g/mol. The highest BCUT2D eigenvalue weighted by molar-refractivity contribution is 7.89. The fraction of sp³-hybridized carbons (Fsp3) is 0.929. The summed E-state index contributed by atoms with van der Waals surface area (Å²) in [6, 6.07) is 0.105. The van der Waals surface area contributed by atoms with Crippen molar-refractivity contribution < 1.29 is 18.0 Å². The van der Waals surface area contributed by atoms with E-state index in [0.29, 0.717) is 68.4 Å². The van der Waals surface area contributed by atoms with Gasteiger partial charge in [-0.25, -0.2) is 22.5 Å². The molecule has 5 unspecified atom stereocenters. The van der Waals surface area contributed by atoms with Crippen molar-refractivity contribution >= 4 is 22.0 Å². The predicted molar refractivity (Wildman–Crippen MR) is 151 cm³/mol. The van der Waals surface area contributed by atoms with E-state index < -0.39 is 10.0 Å². The van der Waals surface area contributed by atoms with Crippen LogP contribution in [0.4, 0.5) is 4.79 Å². The van der Waals surface area contributed by atoms with Gasteiger partial charge in [-0.1, -0.05) is 13.8 Å². The lowest BCUT2D eigenvalue weighted by Gasteiger charge is -2.43. The van der Waals surface area contributed by atoms with Crippen LogP contribution in [-0.2, 0) is 14.8 Å². The highest BCUT2D eigenvalue weighted by atomic mass is 32.2. The van der Waals surface area contributed by atoms with Crippen molar-refractivity contribution in [3.63, 3.8) is 0 Å². The van der Waals surface area contributed by atoms with Gasteiger partial charge in [0.15, 0.2) is 0 Å². The number of carbonyl (C=O) groups excluding carboxylic acids is 2. The van der Waals surface area contributed by atoms with E-state index in [-0.39, 0.29) is 29.3 Å². The van der Waals surface area contributed by atoms with E-state index in [9.17, 15) is 18.0 Å². The van der Waals surface area contributed by atoms with Gasteiger partial charge in [0.05, 0.1) is 11.2 Å². The van der Waals surface area contributed by atoms with Crippen molar-refractivity contribution in [3.05, 3.63) is 0 Å². The third-order valence-corrected chi connectivity index (χ3v) is 12.7. The third kappa shape index (κ3) is 6.41. The van der Waals surface area contributed by atoms with Crippen molar-refractivity contribution in [3.8, 4) is 0 Å². The van der Waals surface area contributed by atoms with Crippen LogP contribution in [-0.4, -0.2) is 98.2 Å². The SMILES string of the molecule is CNC(=O)NC1CCC(S(=O)(=O)N2CCC(C3CCN4NCC(C(=O)N5CC(C)CC(C)C5)C4C3)CC2)CC1. The first-order valence-corrected chi connectivity index (χ1v) is 16.9.